The van der Waals surface area contributed by atoms with E-state index in [1.165, 1.54) is 0 Å². The fraction of sp³-hybridized carbons (Fsp3) is 0.167. The maximum atomic E-state index is 5.42. The second-order valence-electron chi connectivity index (χ2n) is 1.78. The van der Waals surface area contributed by atoms with Gasteiger partial charge in [0.15, 0.2) is 0 Å². The zero-order valence-corrected chi connectivity index (χ0v) is 8.68. The molecule has 11 heavy (non-hydrogen) atoms. The molecule has 0 saturated carbocycles. The van der Waals surface area contributed by atoms with Gasteiger partial charge < -0.3 is 4.74 Å². The van der Waals surface area contributed by atoms with E-state index in [-0.39, 0.29) is 0 Å². The molecule has 0 amide bonds. The number of methoxy groups -OCH3 is 1. The van der Waals surface area contributed by atoms with Gasteiger partial charge in [0.1, 0.15) is 0 Å². The Labute approximate surface area is 83.4 Å². The van der Waals surface area contributed by atoms with Crippen LogP contribution in [0, 0.1) is 3.57 Å². The van der Waals surface area contributed by atoms with E-state index in [4.69, 9.17) is 16.5 Å². The fourth-order valence-corrected chi connectivity index (χ4v) is 1.63. The fourth-order valence-electron chi connectivity index (χ4n) is 0.640. The van der Waals surface area contributed by atoms with Gasteiger partial charge in [-0.1, -0.05) is 0 Å². The number of nitrogens with zero attached hydrogens (tertiary/aromatic N) is 1. The van der Waals surface area contributed by atoms with Crippen molar-refractivity contribution in [3.63, 3.8) is 0 Å². The summed E-state index contributed by atoms with van der Waals surface area (Å²) >= 11 is 7.53. The molecule has 1 rings (SSSR count). The number of anilines is 1. The summed E-state index contributed by atoms with van der Waals surface area (Å²) in [5.41, 5.74) is 0.805. The van der Waals surface area contributed by atoms with E-state index in [1.54, 1.807) is 19.4 Å². The maximum Gasteiger partial charge on any atom is 0.228 e. The number of halogens is 2. The van der Waals surface area contributed by atoms with Gasteiger partial charge in [-0.2, -0.15) is 0 Å². The minimum atomic E-state index is 0.580. The molecule has 1 aromatic rings. The van der Waals surface area contributed by atoms with E-state index in [9.17, 15) is 0 Å². The molecule has 0 atom stereocenters. The third-order valence-electron chi connectivity index (χ3n) is 1.15. The molecule has 0 aliphatic heterocycles. The molecule has 0 aromatic carbocycles. The van der Waals surface area contributed by atoms with Gasteiger partial charge in [0, 0.05) is 18.0 Å². The molecule has 0 radical (unpaired) electrons. The predicted molar refractivity (Wildman–Crippen MR) is 53.0 cm³/mol. The van der Waals surface area contributed by atoms with Crippen molar-refractivity contribution in [2.24, 2.45) is 0 Å². The number of nitrogens with one attached hydrogen (secondary N) is 1. The van der Waals surface area contributed by atoms with Crippen LogP contribution in [0.2, 0.25) is 0 Å². The highest BCUT2D eigenvalue weighted by Crippen LogP contribution is 2.25. The number of pyridine rings is 1. The number of ether oxygens (including phenoxy) is 1. The lowest BCUT2D eigenvalue weighted by Gasteiger charge is -2.04. The van der Waals surface area contributed by atoms with Crippen LogP contribution in [0.1, 0.15) is 0 Å². The molecule has 0 aliphatic carbocycles. The van der Waals surface area contributed by atoms with Crippen molar-refractivity contribution in [1.82, 2.24) is 4.98 Å². The maximum absolute atomic E-state index is 5.42. The van der Waals surface area contributed by atoms with Crippen molar-refractivity contribution in [2.75, 3.05) is 11.9 Å². The lowest BCUT2D eigenvalue weighted by molar-refractivity contribution is 0.395. The molecular weight excluding hydrogens is 278 g/mol. The molecule has 0 saturated heterocycles. The minimum absolute atomic E-state index is 0.580. The SMILES string of the molecule is COc1nccc(NCl)c1I. The normalized spacial score (nSPS) is 9.36. The highest BCUT2D eigenvalue weighted by atomic mass is 127. The summed E-state index contributed by atoms with van der Waals surface area (Å²) in [7, 11) is 1.57. The van der Waals surface area contributed by atoms with Crippen molar-refractivity contribution in [1.29, 1.82) is 0 Å². The van der Waals surface area contributed by atoms with E-state index in [0.717, 1.165) is 9.26 Å². The summed E-state index contributed by atoms with van der Waals surface area (Å²) in [6.07, 6.45) is 1.63. The molecule has 1 N–H and O–H groups in total. The lowest BCUT2D eigenvalue weighted by atomic mass is 10.4. The van der Waals surface area contributed by atoms with Crippen LogP contribution in [-0.4, -0.2) is 12.1 Å². The molecule has 0 aliphatic rings. The van der Waals surface area contributed by atoms with E-state index in [2.05, 4.69) is 32.4 Å². The van der Waals surface area contributed by atoms with Crippen molar-refractivity contribution >= 4 is 40.1 Å². The van der Waals surface area contributed by atoms with Gasteiger partial charge in [0.05, 0.1) is 16.4 Å². The molecule has 0 bridgehead atoms. The largest absolute Gasteiger partial charge is 0.480 e. The number of rotatable bonds is 2. The number of hydrogen-bond acceptors (Lipinski definition) is 3. The van der Waals surface area contributed by atoms with Crippen LogP contribution in [-0.2, 0) is 0 Å². The lowest BCUT2D eigenvalue weighted by Crippen LogP contribution is -1.93. The monoisotopic (exact) mass is 284 g/mol. The van der Waals surface area contributed by atoms with Crippen LogP contribution >= 0.6 is 34.4 Å². The third-order valence-corrected chi connectivity index (χ3v) is 2.40. The third kappa shape index (κ3) is 1.87. The first-order chi connectivity index (χ1) is 5.29. The molecular formula is C6H6ClIN2O. The molecule has 3 nitrogen and oxygen atoms in total. The average Bonchev–Trinajstić information content (AvgIpc) is 2.05. The van der Waals surface area contributed by atoms with E-state index in [1.807, 2.05) is 0 Å². The Morgan fingerprint density at radius 3 is 3.00 bits per heavy atom. The van der Waals surface area contributed by atoms with Crippen LogP contribution in [0.15, 0.2) is 12.3 Å². The number of aromatic nitrogens is 1. The van der Waals surface area contributed by atoms with Crippen LogP contribution in [0.4, 0.5) is 5.69 Å². The van der Waals surface area contributed by atoms with Crippen molar-refractivity contribution in [3.05, 3.63) is 15.8 Å². The molecule has 0 spiro atoms. The predicted octanol–water partition coefficient (Wildman–Crippen LogP) is 2.26. The van der Waals surface area contributed by atoms with Crippen LogP contribution in [0.3, 0.4) is 0 Å². The molecule has 5 heteroatoms. The first-order valence-electron chi connectivity index (χ1n) is 2.84. The summed E-state index contributed by atoms with van der Waals surface area (Å²) < 4.78 is 5.85. The Kier molecular flexibility index (Phi) is 3.19. The van der Waals surface area contributed by atoms with Crippen molar-refractivity contribution in [3.8, 4) is 5.88 Å². The van der Waals surface area contributed by atoms with Gasteiger partial charge in [0.25, 0.3) is 0 Å². The van der Waals surface area contributed by atoms with Crippen molar-refractivity contribution < 1.29 is 4.74 Å². The Balaban J connectivity index is 3.10. The zero-order chi connectivity index (χ0) is 8.27. The van der Waals surface area contributed by atoms with Crippen LogP contribution in [0.5, 0.6) is 5.88 Å². The zero-order valence-electron chi connectivity index (χ0n) is 5.77. The van der Waals surface area contributed by atoms with E-state index >= 15 is 0 Å². The first kappa shape index (κ1) is 8.86. The molecule has 1 aromatic heterocycles. The molecule has 1 heterocycles. The van der Waals surface area contributed by atoms with Gasteiger partial charge >= 0.3 is 0 Å². The summed E-state index contributed by atoms with van der Waals surface area (Å²) in [6.45, 7) is 0. The highest BCUT2D eigenvalue weighted by molar-refractivity contribution is 14.1. The minimum Gasteiger partial charge on any atom is -0.480 e. The van der Waals surface area contributed by atoms with Gasteiger partial charge in [-0.25, -0.2) is 4.98 Å². The van der Waals surface area contributed by atoms with E-state index in [0.29, 0.717) is 5.88 Å². The smallest absolute Gasteiger partial charge is 0.228 e. The summed E-state index contributed by atoms with van der Waals surface area (Å²) in [5.74, 6) is 0.580. The standard InChI is InChI=1S/C6H6ClIN2O/c1-11-6-5(8)4(10-7)2-3-9-6/h2-3H,1H3,(H,9,10). The molecule has 60 valence electrons. The highest BCUT2D eigenvalue weighted by Gasteiger charge is 2.04. The van der Waals surface area contributed by atoms with E-state index < -0.39 is 0 Å². The van der Waals surface area contributed by atoms with Crippen LogP contribution in [0.25, 0.3) is 0 Å². The first-order valence-corrected chi connectivity index (χ1v) is 4.30. The summed E-state index contributed by atoms with van der Waals surface area (Å²) in [5, 5.41) is 0. The van der Waals surface area contributed by atoms with Gasteiger partial charge in [-0.3, -0.25) is 4.84 Å². The Bertz CT molecular complexity index is 234. The van der Waals surface area contributed by atoms with Gasteiger partial charge in [-0.05, 0) is 28.7 Å². The molecule has 0 fully saturated rings. The molecule has 0 unspecified atom stereocenters. The van der Waals surface area contributed by atoms with Gasteiger partial charge in [-0.15, -0.1) is 0 Å². The second-order valence-corrected chi connectivity index (χ2v) is 3.04. The quantitative estimate of drug-likeness (QED) is 0.668. The average molecular weight is 284 g/mol. The summed E-state index contributed by atoms with van der Waals surface area (Å²) in [4.78, 5) is 6.49. The Morgan fingerprint density at radius 1 is 1.73 bits per heavy atom. The second kappa shape index (κ2) is 3.96. The van der Waals surface area contributed by atoms with Crippen LogP contribution < -0.4 is 9.57 Å². The Morgan fingerprint density at radius 2 is 2.45 bits per heavy atom. The summed E-state index contributed by atoms with van der Waals surface area (Å²) in [6, 6.07) is 1.78. The number of hydrogen-bond donors (Lipinski definition) is 1. The van der Waals surface area contributed by atoms with Crippen molar-refractivity contribution in [2.45, 2.75) is 0 Å². The Hall–Kier alpha value is -0.230. The topological polar surface area (TPSA) is 34.1 Å². The van der Waals surface area contributed by atoms with Gasteiger partial charge in [0.2, 0.25) is 5.88 Å².